The fourth-order valence-electron chi connectivity index (χ4n) is 1.23. The standard InChI is InChI=1S/C7H15NO2.C6H13NO2/c1-4-5(2)6(8-3)7(9)10;1-6(2,3)7-4-5(8)9/h5-6,8H,4H2,1-3H3,(H,9,10);7H,4H2,1-3H3,(H,8,9)/t5-,6-;/m0./s1. The molecule has 0 saturated heterocycles. The molecule has 0 aromatic heterocycles. The average molecular weight is 276 g/mol. The first-order chi connectivity index (χ1) is 8.55. The van der Waals surface area contributed by atoms with Gasteiger partial charge < -0.3 is 20.8 Å². The molecule has 0 heterocycles. The van der Waals surface area contributed by atoms with Crippen molar-refractivity contribution in [3.8, 4) is 0 Å². The van der Waals surface area contributed by atoms with Crippen molar-refractivity contribution in [2.75, 3.05) is 13.6 Å². The lowest BCUT2D eigenvalue weighted by molar-refractivity contribution is -0.140. The Morgan fingerprint density at radius 3 is 1.79 bits per heavy atom. The van der Waals surface area contributed by atoms with Gasteiger partial charge in [-0.1, -0.05) is 20.3 Å². The van der Waals surface area contributed by atoms with Gasteiger partial charge in [-0.25, -0.2) is 0 Å². The van der Waals surface area contributed by atoms with Gasteiger partial charge in [0.05, 0.1) is 6.54 Å². The van der Waals surface area contributed by atoms with Crippen LogP contribution in [0.25, 0.3) is 0 Å². The molecule has 6 heteroatoms. The molecular weight excluding hydrogens is 248 g/mol. The largest absolute Gasteiger partial charge is 0.480 e. The van der Waals surface area contributed by atoms with Crippen molar-refractivity contribution in [1.29, 1.82) is 0 Å². The van der Waals surface area contributed by atoms with E-state index in [1.165, 1.54) is 0 Å². The second kappa shape index (κ2) is 9.75. The van der Waals surface area contributed by atoms with E-state index in [0.717, 1.165) is 6.42 Å². The number of carboxylic acids is 2. The zero-order valence-corrected chi connectivity index (χ0v) is 12.8. The lowest BCUT2D eigenvalue weighted by Crippen LogP contribution is -2.39. The summed E-state index contributed by atoms with van der Waals surface area (Å²) < 4.78 is 0. The van der Waals surface area contributed by atoms with Crippen molar-refractivity contribution in [3.63, 3.8) is 0 Å². The Hall–Kier alpha value is -1.14. The Morgan fingerprint density at radius 1 is 1.21 bits per heavy atom. The van der Waals surface area contributed by atoms with E-state index >= 15 is 0 Å². The van der Waals surface area contributed by atoms with Gasteiger partial charge in [0.1, 0.15) is 6.04 Å². The smallest absolute Gasteiger partial charge is 0.320 e. The Morgan fingerprint density at radius 2 is 1.68 bits per heavy atom. The minimum absolute atomic E-state index is 0.0312. The van der Waals surface area contributed by atoms with Gasteiger partial charge >= 0.3 is 11.9 Å². The van der Waals surface area contributed by atoms with Gasteiger partial charge in [-0.05, 0) is 33.7 Å². The molecule has 0 amide bonds. The lowest BCUT2D eigenvalue weighted by Gasteiger charge is -2.18. The highest BCUT2D eigenvalue weighted by Crippen LogP contribution is 2.06. The van der Waals surface area contributed by atoms with Crippen LogP contribution in [0.2, 0.25) is 0 Å². The van der Waals surface area contributed by atoms with Crippen LogP contribution < -0.4 is 10.6 Å². The third kappa shape index (κ3) is 13.1. The minimum Gasteiger partial charge on any atom is -0.480 e. The fourth-order valence-corrected chi connectivity index (χ4v) is 1.23. The normalized spacial score (nSPS) is 14.0. The number of likely N-dealkylation sites (N-methyl/N-ethyl adjacent to an activating group) is 1. The van der Waals surface area contributed by atoms with Gasteiger partial charge in [0.2, 0.25) is 0 Å². The molecule has 19 heavy (non-hydrogen) atoms. The zero-order valence-electron chi connectivity index (χ0n) is 12.8. The van der Waals surface area contributed by atoms with Gasteiger partial charge in [-0.2, -0.15) is 0 Å². The van der Waals surface area contributed by atoms with E-state index in [1.54, 1.807) is 7.05 Å². The summed E-state index contributed by atoms with van der Waals surface area (Å²) in [6, 6.07) is -0.398. The molecule has 0 rings (SSSR count). The Kier molecular flexibility index (Phi) is 10.4. The van der Waals surface area contributed by atoms with Gasteiger partial charge in [0.15, 0.2) is 0 Å². The van der Waals surface area contributed by atoms with Crippen LogP contribution in [0.3, 0.4) is 0 Å². The number of rotatable bonds is 6. The summed E-state index contributed by atoms with van der Waals surface area (Å²) in [4.78, 5) is 20.5. The minimum atomic E-state index is -0.815. The SMILES string of the molecule is CC(C)(C)NCC(=O)O.CC[C@H](C)[C@H](NC)C(=O)O. The van der Waals surface area contributed by atoms with Crippen LogP contribution in [0.15, 0.2) is 0 Å². The molecule has 0 aromatic carbocycles. The molecular formula is C13H28N2O4. The van der Waals surface area contributed by atoms with Gasteiger partial charge in [-0.15, -0.1) is 0 Å². The first kappa shape index (κ1) is 20.2. The maximum atomic E-state index is 10.5. The summed E-state index contributed by atoms with van der Waals surface area (Å²) >= 11 is 0. The summed E-state index contributed by atoms with van der Waals surface area (Å²) in [7, 11) is 1.67. The Bertz CT molecular complexity index is 274. The highest BCUT2D eigenvalue weighted by molar-refractivity contribution is 5.73. The second-order valence-corrected chi connectivity index (χ2v) is 5.49. The van der Waals surface area contributed by atoms with Crippen LogP contribution in [0.4, 0.5) is 0 Å². The third-order valence-corrected chi connectivity index (χ3v) is 2.56. The Labute approximate surface area is 115 Å². The highest BCUT2D eigenvalue weighted by Gasteiger charge is 2.20. The number of aliphatic carboxylic acids is 2. The van der Waals surface area contributed by atoms with E-state index in [-0.39, 0.29) is 18.0 Å². The third-order valence-electron chi connectivity index (χ3n) is 2.56. The first-order valence-corrected chi connectivity index (χ1v) is 6.42. The summed E-state index contributed by atoms with van der Waals surface area (Å²) in [5, 5.41) is 22.4. The average Bonchev–Trinajstić information content (AvgIpc) is 2.26. The van der Waals surface area contributed by atoms with Crippen molar-refractivity contribution < 1.29 is 19.8 Å². The molecule has 4 N–H and O–H groups in total. The van der Waals surface area contributed by atoms with Crippen molar-refractivity contribution in [2.45, 2.75) is 52.6 Å². The molecule has 0 aliphatic heterocycles. The molecule has 0 unspecified atom stereocenters. The van der Waals surface area contributed by atoms with Gasteiger partial charge in [0, 0.05) is 5.54 Å². The van der Waals surface area contributed by atoms with E-state index in [2.05, 4.69) is 10.6 Å². The molecule has 2 atom stereocenters. The quantitative estimate of drug-likeness (QED) is 0.581. The maximum Gasteiger partial charge on any atom is 0.320 e. The number of nitrogens with one attached hydrogen (secondary N) is 2. The van der Waals surface area contributed by atoms with Crippen molar-refractivity contribution in [2.24, 2.45) is 5.92 Å². The number of carbonyl (C=O) groups is 2. The number of carboxylic acid groups (broad SMARTS) is 2. The van der Waals surface area contributed by atoms with Crippen molar-refractivity contribution in [1.82, 2.24) is 10.6 Å². The second-order valence-electron chi connectivity index (χ2n) is 5.49. The molecule has 6 nitrogen and oxygen atoms in total. The summed E-state index contributed by atoms with van der Waals surface area (Å²) in [6.07, 6.45) is 0.887. The predicted octanol–water partition coefficient (Wildman–Crippen LogP) is 1.16. The predicted molar refractivity (Wildman–Crippen MR) is 75.3 cm³/mol. The van der Waals surface area contributed by atoms with Crippen LogP contribution in [0.1, 0.15) is 41.0 Å². The van der Waals surface area contributed by atoms with Crippen LogP contribution >= 0.6 is 0 Å². The van der Waals surface area contributed by atoms with E-state index in [9.17, 15) is 9.59 Å². The molecule has 0 bridgehead atoms. The van der Waals surface area contributed by atoms with Crippen LogP contribution in [0.5, 0.6) is 0 Å². The molecule has 0 saturated carbocycles. The van der Waals surface area contributed by atoms with Gasteiger partial charge in [0.25, 0.3) is 0 Å². The summed E-state index contributed by atoms with van der Waals surface area (Å²) in [5.74, 6) is -1.38. The van der Waals surface area contributed by atoms with E-state index in [1.807, 2.05) is 34.6 Å². The Balaban J connectivity index is 0. The van der Waals surface area contributed by atoms with Crippen LogP contribution in [0, 0.1) is 5.92 Å². The molecule has 0 radical (unpaired) electrons. The summed E-state index contributed by atoms with van der Waals surface area (Å²) in [5.41, 5.74) is -0.0988. The fraction of sp³-hybridized carbons (Fsp3) is 0.846. The number of hydrogen-bond donors (Lipinski definition) is 4. The van der Waals surface area contributed by atoms with Gasteiger partial charge in [-0.3, -0.25) is 9.59 Å². The molecule has 0 aromatic rings. The van der Waals surface area contributed by atoms with Crippen molar-refractivity contribution >= 4 is 11.9 Å². The van der Waals surface area contributed by atoms with Crippen LogP contribution in [-0.4, -0.2) is 47.3 Å². The topological polar surface area (TPSA) is 98.7 Å². The van der Waals surface area contributed by atoms with Crippen LogP contribution in [-0.2, 0) is 9.59 Å². The van der Waals surface area contributed by atoms with Crippen molar-refractivity contribution in [3.05, 3.63) is 0 Å². The molecule has 0 spiro atoms. The molecule has 0 aliphatic rings. The molecule has 114 valence electrons. The first-order valence-electron chi connectivity index (χ1n) is 6.42. The highest BCUT2D eigenvalue weighted by atomic mass is 16.4. The lowest BCUT2D eigenvalue weighted by atomic mass is 10.00. The van der Waals surface area contributed by atoms with E-state index in [4.69, 9.17) is 10.2 Å². The number of hydrogen-bond acceptors (Lipinski definition) is 4. The summed E-state index contributed by atoms with van der Waals surface area (Å²) in [6.45, 7) is 9.72. The zero-order chi connectivity index (χ0) is 15.6. The van der Waals surface area contributed by atoms with E-state index < -0.39 is 18.0 Å². The molecule has 0 aliphatic carbocycles. The maximum absolute atomic E-state index is 10.5. The molecule has 0 fully saturated rings. The van der Waals surface area contributed by atoms with E-state index in [0.29, 0.717) is 0 Å². The monoisotopic (exact) mass is 276 g/mol.